The van der Waals surface area contributed by atoms with Gasteiger partial charge in [0.15, 0.2) is 0 Å². The summed E-state index contributed by atoms with van der Waals surface area (Å²) >= 11 is 0. The molecule has 1 heterocycles. The number of benzene rings is 2. The average molecular weight is 433 g/mol. The Bertz CT molecular complexity index is 1060. The molecule has 0 radical (unpaired) electrons. The van der Waals surface area contributed by atoms with E-state index in [0.717, 1.165) is 4.90 Å². The Labute approximate surface area is 172 Å². The molecule has 11 heteroatoms. The summed E-state index contributed by atoms with van der Waals surface area (Å²) in [4.78, 5) is 37.3. The van der Waals surface area contributed by atoms with Gasteiger partial charge in [0, 0.05) is 6.54 Å². The summed E-state index contributed by atoms with van der Waals surface area (Å²) in [6.07, 6.45) is -0.382. The number of imide groups is 1. The lowest BCUT2D eigenvalue weighted by molar-refractivity contribution is -0.131. The van der Waals surface area contributed by atoms with Gasteiger partial charge in [0.25, 0.3) is 21.8 Å². The monoisotopic (exact) mass is 433 g/mol. The Kier molecular flexibility index (Phi) is 5.87. The normalized spacial score (nSPS) is 14.7. The maximum Gasteiger partial charge on any atom is 0.265 e. The van der Waals surface area contributed by atoms with Crippen molar-refractivity contribution in [1.29, 1.82) is 0 Å². The third kappa shape index (κ3) is 3.77. The number of rotatable bonds is 8. The molecule has 1 aliphatic rings. The van der Waals surface area contributed by atoms with Crippen molar-refractivity contribution in [1.82, 2.24) is 9.37 Å². The average Bonchev–Trinajstić information content (AvgIpc) is 2.98. The van der Waals surface area contributed by atoms with Gasteiger partial charge >= 0.3 is 0 Å². The van der Waals surface area contributed by atoms with Gasteiger partial charge < -0.3 is 10.5 Å². The van der Waals surface area contributed by atoms with Gasteiger partial charge in [-0.1, -0.05) is 16.6 Å². The lowest BCUT2D eigenvalue weighted by Gasteiger charge is -2.24. The fraction of sp³-hybridized carbons (Fsp3) is 0.211. The van der Waals surface area contributed by atoms with Crippen molar-refractivity contribution in [2.24, 2.45) is 5.73 Å². The van der Waals surface area contributed by atoms with Gasteiger partial charge in [-0.3, -0.25) is 24.5 Å². The van der Waals surface area contributed by atoms with Crippen LogP contribution in [0.1, 0.15) is 27.1 Å². The lowest BCUT2D eigenvalue weighted by atomic mass is 10.1. The van der Waals surface area contributed by atoms with Crippen molar-refractivity contribution in [2.45, 2.75) is 17.4 Å². The summed E-state index contributed by atoms with van der Waals surface area (Å²) in [5.74, 6) is -1.87. The molecule has 0 spiro atoms. The zero-order valence-corrected chi connectivity index (χ0v) is 16.7. The van der Waals surface area contributed by atoms with E-state index in [4.69, 9.17) is 10.5 Å². The first kappa shape index (κ1) is 21.4. The third-order valence-corrected chi connectivity index (χ3v) is 6.32. The van der Waals surface area contributed by atoms with Crippen molar-refractivity contribution >= 4 is 27.7 Å². The Morgan fingerprint density at radius 2 is 1.63 bits per heavy atom. The molecule has 30 heavy (non-hydrogen) atoms. The zero-order chi connectivity index (χ0) is 22.1. The van der Waals surface area contributed by atoms with E-state index in [2.05, 4.69) is 0 Å². The van der Waals surface area contributed by atoms with Crippen LogP contribution in [0.25, 0.3) is 0 Å². The Balaban J connectivity index is 1.78. The molecule has 2 aromatic rings. The second kappa shape index (κ2) is 8.22. The lowest BCUT2D eigenvalue weighted by Crippen LogP contribution is -2.48. The minimum Gasteiger partial charge on any atom is -0.497 e. The van der Waals surface area contributed by atoms with E-state index in [1.165, 1.54) is 43.5 Å². The number of hydroxylamine groups is 1. The standard InChI is InChI=1S/C19H19N3O7S/c1-29-12-6-8-13(9-7-12)30(27,28)22(26)16(17(20)23)10-11-21-18(24)14-4-2-3-5-15(14)19(21)25/h2-9,16,26H,10-11H2,1H3,(H2,20,23). The second-order valence-electron chi connectivity index (χ2n) is 6.47. The summed E-state index contributed by atoms with van der Waals surface area (Å²) in [7, 11) is -3.08. The van der Waals surface area contributed by atoms with Crippen molar-refractivity contribution in [3.63, 3.8) is 0 Å². The van der Waals surface area contributed by atoms with Crippen molar-refractivity contribution in [3.05, 3.63) is 59.7 Å². The van der Waals surface area contributed by atoms with Crippen LogP contribution in [0.4, 0.5) is 0 Å². The van der Waals surface area contributed by atoms with E-state index in [0.29, 0.717) is 5.75 Å². The molecule has 1 atom stereocenters. The summed E-state index contributed by atoms with van der Waals surface area (Å²) in [6, 6.07) is 9.65. The molecule has 10 nitrogen and oxygen atoms in total. The van der Waals surface area contributed by atoms with Crippen LogP contribution in [0.15, 0.2) is 53.4 Å². The Morgan fingerprint density at radius 1 is 1.10 bits per heavy atom. The highest BCUT2D eigenvalue weighted by Gasteiger charge is 2.38. The number of primary amides is 1. The van der Waals surface area contributed by atoms with Gasteiger partial charge in [0.05, 0.1) is 23.1 Å². The minimum absolute atomic E-state index is 0.144. The molecule has 3 N–H and O–H groups in total. The number of hydrogen-bond acceptors (Lipinski definition) is 7. The number of sulfonamides is 1. The zero-order valence-electron chi connectivity index (χ0n) is 15.9. The van der Waals surface area contributed by atoms with Crippen LogP contribution in [-0.4, -0.2) is 60.4 Å². The number of hydrogen-bond donors (Lipinski definition) is 2. The highest BCUT2D eigenvalue weighted by molar-refractivity contribution is 7.89. The maximum atomic E-state index is 12.7. The van der Waals surface area contributed by atoms with E-state index < -0.39 is 33.8 Å². The molecule has 0 saturated carbocycles. The van der Waals surface area contributed by atoms with E-state index in [9.17, 15) is 28.0 Å². The number of nitrogens with two attached hydrogens (primary N) is 1. The number of methoxy groups -OCH3 is 1. The van der Waals surface area contributed by atoms with E-state index >= 15 is 0 Å². The molecule has 1 aliphatic heterocycles. The third-order valence-electron chi connectivity index (χ3n) is 4.70. The van der Waals surface area contributed by atoms with Gasteiger partial charge in [-0.05, 0) is 42.8 Å². The quantitative estimate of drug-likeness (QED) is 0.458. The number of nitrogens with zero attached hydrogens (tertiary/aromatic N) is 2. The van der Waals surface area contributed by atoms with Crippen molar-refractivity contribution in [3.8, 4) is 5.75 Å². The highest BCUT2D eigenvalue weighted by atomic mass is 32.2. The predicted octanol–water partition coefficient (Wildman–Crippen LogP) is 0.615. The van der Waals surface area contributed by atoms with Crippen LogP contribution in [0.3, 0.4) is 0 Å². The van der Waals surface area contributed by atoms with Crippen LogP contribution in [0.5, 0.6) is 5.75 Å². The van der Waals surface area contributed by atoms with Crippen LogP contribution in [0.2, 0.25) is 0 Å². The fourth-order valence-electron chi connectivity index (χ4n) is 3.08. The number of ether oxygens (including phenoxy) is 1. The summed E-state index contributed by atoms with van der Waals surface area (Å²) in [5.41, 5.74) is 5.71. The molecule has 0 fully saturated rings. The maximum absolute atomic E-state index is 12.7. The van der Waals surface area contributed by atoms with E-state index in [-0.39, 0.29) is 33.5 Å². The Morgan fingerprint density at radius 3 is 2.10 bits per heavy atom. The minimum atomic E-state index is -4.49. The molecule has 3 rings (SSSR count). The second-order valence-corrected chi connectivity index (χ2v) is 8.26. The number of amides is 3. The summed E-state index contributed by atoms with van der Waals surface area (Å²) in [6.45, 7) is -0.310. The van der Waals surface area contributed by atoms with Gasteiger partial charge in [-0.2, -0.15) is 0 Å². The summed E-state index contributed by atoms with van der Waals surface area (Å²) in [5, 5.41) is 10.3. The first-order valence-electron chi connectivity index (χ1n) is 8.80. The van der Waals surface area contributed by atoms with Crippen molar-refractivity contribution < 1.29 is 32.7 Å². The largest absolute Gasteiger partial charge is 0.497 e. The molecule has 0 aliphatic carbocycles. The molecule has 3 amide bonds. The molecule has 1 unspecified atom stereocenters. The SMILES string of the molecule is COc1ccc(S(=O)(=O)N(O)C(CCN2C(=O)c3ccccc3C2=O)C(N)=O)cc1. The number of carbonyl (C=O) groups excluding carboxylic acids is 3. The van der Waals surface area contributed by atoms with Gasteiger partial charge in [0.1, 0.15) is 11.8 Å². The highest BCUT2D eigenvalue weighted by Crippen LogP contribution is 2.24. The van der Waals surface area contributed by atoms with Gasteiger partial charge in [0.2, 0.25) is 5.91 Å². The van der Waals surface area contributed by atoms with Crippen LogP contribution in [0, 0.1) is 0 Å². The first-order valence-corrected chi connectivity index (χ1v) is 10.2. The van der Waals surface area contributed by atoms with Crippen LogP contribution < -0.4 is 10.5 Å². The number of fused-ring (bicyclic) bond motifs is 1. The van der Waals surface area contributed by atoms with Crippen LogP contribution >= 0.6 is 0 Å². The first-order chi connectivity index (χ1) is 14.2. The molecule has 158 valence electrons. The van der Waals surface area contributed by atoms with Gasteiger partial charge in [-0.15, -0.1) is 0 Å². The molecule has 0 aromatic heterocycles. The Hall–Kier alpha value is -3.28. The predicted molar refractivity (Wildman–Crippen MR) is 103 cm³/mol. The molecular formula is C19H19N3O7S. The fourth-order valence-corrected chi connectivity index (χ4v) is 4.32. The molecule has 2 aromatic carbocycles. The van der Waals surface area contributed by atoms with Gasteiger partial charge in [-0.25, -0.2) is 8.42 Å². The summed E-state index contributed by atoms with van der Waals surface area (Å²) < 4.78 is 30.1. The topological polar surface area (TPSA) is 147 Å². The number of carbonyl (C=O) groups is 3. The van der Waals surface area contributed by atoms with Crippen molar-refractivity contribution in [2.75, 3.05) is 13.7 Å². The smallest absolute Gasteiger partial charge is 0.265 e. The molecular weight excluding hydrogens is 414 g/mol. The van der Waals surface area contributed by atoms with E-state index in [1.807, 2.05) is 0 Å². The van der Waals surface area contributed by atoms with E-state index in [1.54, 1.807) is 12.1 Å². The molecule has 0 saturated heterocycles. The molecule has 0 bridgehead atoms. The van der Waals surface area contributed by atoms with Crippen LogP contribution in [-0.2, 0) is 14.8 Å².